The molecule has 25 heavy (non-hydrogen) atoms. The van der Waals surface area contributed by atoms with Crippen LogP contribution in [0.15, 0.2) is 42.7 Å². The van der Waals surface area contributed by atoms with E-state index >= 15 is 0 Å². The van der Waals surface area contributed by atoms with Gasteiger partial charge in [0.05, 0.1) is 5.92 Å². The first-order chi connectivity index (χ1) is 12.2. The van der Waals surface area contributed by atoms with E-state index in [-0.39, 0.29) is 18.2 Å². The smallest absolute Gasteiger partial charge is 0.230 e. The highest BCUT2D eigenvalue weighted by molar-refractivity contribution is 6.01. The summed E-state index contributed by atoms with van der Waals surface area (Å²) in [6, 6.07) is 9.32. The van der Waals surface area contributed by atoms with Crippen molar-refractivity contribution in [1.29, 1.82) is 0 Å². The molecule has 1 atom stereocenters. The lowest BCUT2D eigenvalue weighted by Gasteiger charge is -2.37. The van der Waals surface area contributed by atoms with Gasteiger partial charge in [-0.1, -0.05) is 18.2 Å². The molecule has 7 nitrogen and oxygen atoms in total. The summed E-state index contributed by atoms with van der Waals surface area (Å²) in [7, 11) is 0. The molecule has 1 aromatic carbocycles. The van der Waals surface area contributed by atoms with Crippen molar-refractivity contribution in [2.75, 3.05) is 36.4 Å². The molecule has 1 saturated heterocycles. The minimum absolute atomic E-state index is 0.0240. The Morgan fingerprint density at radius 2 is 1.76 bits per heavy atom. The normalized spacial score (nSPS) is 20.0. The molecule has 0 spiro atoms. The van der Waals surface area contributed by atoms with Crippen molar-refractivity contribution in [2.24, 2.45) is 0 Å². The number of benzene rings is 1. The summed E-state index contributed by atoms with van der Waals surface area (Å²) in [6.07, 6.45) is 3.65. The van der Waals surface area contributed by atoms with Crippen LogP contribution in [0.5, 0.6) is 0 Å². The molecule has 2 amide bonds. The number of aromatic nitrogens is 2. The van der Waals surface area contributed by atoms with Crippen LogP contribution in [0.1, 0.15) is 17.9 Å². The lowest BCUT2D eigenvalue weighted by atomic mass is 9.89. The predicted molar refractivity (Wildman–Crippen MR) is 93.3 cm³/mol. The van der Waals surface area contributed by atoms with Crippen LogP contribution in [-0.4, -0.2) is 52.9 Å². The molecule has 2 aliphatic heterocycles. The average Bonchev–Trinajstić information content (AvgIpc) is 2.67. The molecule has 0 saturated carbocycles. The van der Waals surface area contributed by atoms with Crippen LogP contribution >= 0.6 is 0 Å². The molecule has 1 aromatic heterocycles. The molecule has 2 aliphatic rings. The Morgan fingerprint density at radius 1 is 1.04 bits per heavy atom. The van der Waals surface area contributed by atoms with Gasteiger partial charge in [0.25, 0.3) is 0 Å². The van der Waals surface area contributed by atoms with Gasteiger partial charge in [-0.15, -0.1) is 0 Å². The number of rotatable bonds is 2. The summed E-state index contributed by atoms with van der Waals surface area (Å²) in [5.74, 6) is 0.214. The lowest BCUT2D eigenvalue weighted by molar-refractivity contribution is -0.135. The SMILES string of the molecule is O=C1C[C@@H](C(=O)N2CCN(c3ncccn3)CC2)c2ccccc2N1. The van der Waals surface area contributed by atoms with Gasteiger partial charge < -0.3 is 15.1 Å². The summed E-state index contributed by atoms with van der Waals surface area (Å²) < 4.78 is 0. The topological polar surface area (TPSA) is 78.4 Å². The fourth-order valence-electron chi connectivity index (χ4n) is 3.43. The zero-order chi connectivity index (χ0) is 17.2. The Bertz CT molecular complexity index is 787. The van der Waals surface area contributed by atoms with E-state index in [9.17, 15) is 9.59 Å². The first-order valence-corrected chi connectivity index (χ1v) is 8.42. The van der Waals surface area contributed by atoms with Crippen LogP contribution in [0.3, 0.4) is 0 Å². The number of anilines is 2. The van der Waals surface area contributed by atoms with Crippen LogP contribution in [0, 0.1) is 0 Å². The fourth-order valence-corrected chi connectivity index (χ4v) is 3.43. The van der Waals surface area contributed by atoms with Crippen molar-refractivity contribution < 1.29 is 9.59 Å². The molecule has 4 rings (SSSR count). The summed E-state index contributed by atoms with van der Waals surface area (Å²) in [4.78, 5) is 37.4. The minimum atomic E-state index is -0.399. The molecular formula is C18H19N5O2. The Kier molecular flexibility index (Phi) is 4.05. The maximum absolute atomic E-state index is 13.0. The third-order valence-electron chi connectivity index (χ3n) is 4.72. The average molecular weight is 337 g/mol. The zero-order valence-electron chi connectivity index (χ0n) is 13.8. The number of para-hydroxylation sites is 1. The summed E-state index contributed by atoms with van der Waals surface area (Å²) in [5, 5.41) is 2.84. The Labute approximate surface area is 145 Å². The van der Waals surface area contributed by atoms with E-state index in [2.05, 4.69) is 20.2 Å². The van der Waals surface area contributed by atoms with Crippen molar-refractivity contribution in [3.05, 3.63) is 48.3 Å². The van der Waals surface area contributed by atoms with Crippen molar-refractivity contribution >= 4 is 23.5 Å². The van der Waals surface area contributed by atoms with Gasteiger partial charge in [0, 0.05) is 50.7 Å². The maximum Gasteiger partial charge on any atom is 0.230 e. The Morgan fingerprint density at radius 3 is 2.52 bits per heavy atom. The van der Waals surface area contributed by atoms with E-state index in [1.165, 1.54) is 0 Å². The number of piperazine rings is 1. The molecule has 0 radical (unpaired) electrons. The van der Waals surface area contributed by atoms with Gasteiger partial charge in [-0.05, 0) is 17.7 Å². The molecule has 3 heterocycles. The zero-order valence-corrected chi connectivity index (χ0v) is 13.8. The maximum atomic E-state index is 13.0. The van der Waals surface area contributed by atoms with E-state index in [1.807, 2.05) is 29.2 Å². The quantitative estimate of drug-likeness (QED) is 0.892. The second-order valence-electron chi connectivity index (χ2n) is 6.25. The Hall–Kier alpha value is -2.96. The van der Waals surface area contributed by atoms with Crippen LogP contribution in [0.2, 0.25) is 0 Å². The van der Waals surface area contributed by atoms with Crippen LogP contribution in [-0.2, 0) is 9.59 Å². The lowest BCUT2D eigenvalue weighted by Crippen LogP contribution is -2.51. The van der Waals surface area contributed by atoms with E-state index < -0.39 is 5.92 Å². The standard InChI is InChI=1S/C18H19N5O2/c24-16-12-14(13-4-1-2-5-15(13)21-16)17(25)22-8-10-23(11-9-22)18-19-6-3-7-20-18/h1-7,14H,8-12H2,(H,21,24)/t14-/m1/s1. The third-order valence-corrected chi connectivity index (χ3v) is 4.72. The summed E-state index contributed by atoms with van der Waals surface area (Å²) >= 11 is 0. The van der Waals surface area contributed by atoms with Gasteiger partial charge in [-0.3, -0.25) is 9.59 Å². The molecule has 0 aliphatic carbocycles. The predicted octanol–water partition coefficient (Wildman–Crippen LogP) is 1.25. The van der Waals surface area contributed by atoms with Crippen molar-refractivity contribution in [2.45, 2.75) is 12.3 Å². The molecule has 0 unspecified atom stereocenters. The highest BCUT2D eigenvalue weighted by Crippen LogP contribution is 2.33. The molecular weight excluding hydrogens is 318 g/mol. The molecule has 1 N–H and O–H groups in total. The van der Waals surface area contributed by atoms with E-state index in [4.69, 9.17) is 0 Å². The first-order valence-electron chi connectivity index (χ1n) is 8.42. The van der Waals surface area contributed by atoms with Gasteiger partial charge in [0.15, 0.2) is 0 Å². The van der Waals surface area contributed by atoms with Crippen LogP contribution in [0.25, 0.3) is 0 Å². The first kappa shape index (κ1) is 15.6. The number of amides is 2. The van der Waals surface area contributed by atoms with Crippen LogP contribution in [0.4, 0.5) is 11.6 Å². The number of fused-ring (bicyclic) bond motifs is 1. The van der Waals surface area contributed by atoms with E-state index in [0.717, 1.165) is 11.3 Å². The summed E-state index contributed by atoms with van der Waals surface area (Å²) in [5.41, 5.74) is 1.65. The number of nitrogens with zero attached hydrogens (tertiary/aromatic N) is 4. The number of carbonyl (C=O) groups excluding carboxylic acids is 2. The van der Waals surface area contributed by atoms with Gasteiger partial charge in [-0.2, -0.15) is 0 Å². The Balaban J connectivity index is 1.47. The molecule has 0 bridgehead atoms. The largest absolute Gasteiger partial charge is 0.339 e. The monoisotopic (exact) mass is 337 g/mol. The molecule has 7 heteroatoms. The molecule has 128 valence electrons. The van der Waals surface area contributed by atoms with Crippen LogP contribution < -0.4 is 10.2 Å². The second-order valence-corrected chi connectivity index (χ2v) is 6.25. The van der Waals surface area contributed by atoms with E-state index in [0.29, 0.717) is 32.1 Å². The fraction of sp³-hybridized carbons (Fsp3) is 0.333. The molecule has 2 aromatic rings. The second kappa shape index (κ2) is 6.51. The number of hydrogen-bond donors (Lipinski definition) is 1. The number of hydrogen-bond acceptors (Lipinski definition) is 5. The number of carbonyl (C=O) groups is 2. The number of nitrogens with one attached hydrogen (secondary N) is 1. The highest BCUT2D eigenvalue weighted by atomic mass is 16.2. The van der Waals surface area contributed by atoms with Crippen molar-refractivity contribution in [3.63, 3.8) is 0 Å². The minimum Gasteiger partial charge on any atom is -0.339 e. The highest BCUT2D eigenvalue weighted by Gasteiger charge is 2.34. The van der Waals surface area contributed by atoms with Gasteiger partial charge in [0.1, 0.15) is 0 Å². The van der Waals surface area contributed by atoms with Gasteiger partial charge >= 0.3 is 0 Å². The van der Waals surface area contributed by atoms with E-state index in [1.54, 1.807) is 18.5 Å². The van der Waals surface area contributed by atoms with Crippen molar-refractivity contribution in [3.8, 4) is 0 Å². The third kappa shape index (κ3) is 3.05. The van der Waals surface area contributed by atoms with Gasteiger partial charge in [-0.25, -0.2) is 9.97 Å². The van der Waals surface area contributed by atoms with Gasteiger partial charge in [0.2, 0.25) is 17.8 Å². The summed E-state index contributed by atoms with van der Waals surface area (Å²) in [6.45, 7) is 2.60. The molecule has 1 fully saturated rings. The van der Waals surface area contributed by atoms with Crippen molar-refractivity contribution in [1.82, 2.24) is 14.9 Å².